The number of imidazole rings is 1. The normalized spacial score (nSPS) is 16.1. The van der Waals surface area contributed by atoms with Crippen molar-refractivity contribution >= 4 is 17.1 Å². The number of rotatable bonds is 5. The van der Waals surface area contributed by atoms with Gasteiger partial charge < -0.3 is 15.0 Å². The van der Waals surface area contributed by atoms with Crippen LogP contribution < -0.4 is 16.6 Å². The zero-order valence-electron chi connectivity index (χ0n) is 17.7. The molecule has 0 saturated heterocycles. The van der Waals surface area contributed by atoms with Gasteiger partial charge in [-0.15, -0.1) is 0 Å². The Hall–Kier alpha value is -3.08. The van der Waals surface area contributed by atoms with Crippen LogP contribution in [0.5, 0.6) is 0 Å². The van der Waals surface area contributed by atoms with Gasteiger partial charge in [-0.2, -0.15) is 18.2 Å². The van der Waals surface area contributed by atoms with Gasteiger partial charge in [-0.3, -0.25) is 13.9 Å². The largest absolute Gasteiger partial charge is 0.416 e. The minimum absolute atomic E-state index is 0.0761. The number of benzene rings is 1. The average Bonchev–Trinajstić information content (AvgIpc) is 3.35. The molecule has 32 heavy (non-hydrogen) atoms. The first-order chi connectivity index (χ1) is 15.1. The van der Waals surface area contributed by atoms with Gasteiger partial charge in [0.25, 0.3) is 5.56 Å². The number of fused-ring (bicyclic) bond motifs is 1. The molecule has 2 aromatic heterocycles. The zero-order chi connectivity index (χ0) is 23.3. The minimum Gasteiger partial charge on any atom is -0.394 e. The molecular weight excluding hydrogens is 427 g/mol. The molecule has 8 nitrogen and oxygen atoms in total. The maximum atomic E-state index is 13.2. The molecule has 0 unspecified atom stereocenters. The second-order valence-corrected chi connectivity index (χ2v) is 8.36. The SMILES string of the molecule is Cn1c(NC2(CO)CCCC2)nc2c1c(=O)n(Cc1ccc(C(F)(F)F)cc1)c(=O)n2C. The van der Waals surface area contributed by atoms with E-state index < -0.39 is 28.5 Å². The molecule has 1 fully saturated rings. The molecule has 4 rings (SSSR count). The first-order valence-corrected chi connectivity index (χ1v) is 10.3. The molecule has 0 amide bonds. The minimum atomic E-state index is -4.46. The molecule has 0 atom stereocenters. The number of halogens is 3. The summed E-state index contributed by atoms with van der Waals surface area (Å²) in [6, 6.07) is 4.34. The highest BCUT2D eigenvalue weighted by Gasteiger charge is 2.35. The lowest BCUT2D eigenvalue weighted by atomic mass is 9.99. The van der Waals surface area contributed by atoms with Crippen LogP contribution in [0.4, 0.5) is 19.1 Å². The number of hydrogen-bond acceptors (Lipinski definition) is 5. The first kappa shape index (κ1) is 22.1. The fraction of sp³-hybridized carbons (Fsp3) is 0.476. The third-order valence-electron chi connectivity index (χ3n) is 6.22. The molecule has 11 heteroatoms. The number of aryl methyl sites for hydroxylation is 2. The van der Waals surface area contributed by atoms with Crippen LogP contribution in [-0.2, 0) is 26.8 Å². The number of nitrogens with zero attached hydrogens (tertiary/aromatic N) is 4. The van der Waals surface area contributed by atoms with E-state index in [-0.39, 0.29) is 24.3 Å². The lowest BCUT2D eigenvalue weighted by Gasteiger charge is -2.28. The van der Waals surface area contributed by atoms with E-state index in [1.165, 1.54) is 23.7 Å². The smallest absolute Gasteiger partial charge is 0.394 e. The highest BCUT2D eigenvalue weighted by atomic mass is 19.4. The van der Waals surface area contributed by atoms with Crippen molar-refractivity contribution in [3.63, 3.8) is 0 Å². The van der Waals surface area contributed by atoms with E-state index in [4.69, 9.17) is 0 Å². The van der Waals surface area contributed by atoms with Gasteiger partial charge in [-0.05, 0) is 30.5 Å². The molecule has 172 valence electrons. The Labute approximate surface area is 180 Å². The van der Waals surface area contributed by atoms with Crippen molar-refractivity contribution in [2.45, 2.75) is 43.9 Å². The van der Waals surface area contributed by atoms with E-state index in [9.17, 15) is 27.9 Å². The van der Waals surface area contributed by atoms with Crippen molar-refractivity contribution in [1.29, 1.82) is 0 Å². The standard InChI is InChI=1S/C21H24F3N5O3/c1-27-15-16(25-18(27)26-20(12-30)9-3-4-10-20)28(2)19(32)29(17(15)31)11-13-5-7-14(8-6-13)21(22,23)24/h5-8,30H,3-4,9-12H2,1-2H3,(H,25,26). The molecular formula is C21H24F3N5O3. The number of aliphatic hydroxyl groups is 1. The summed E-state index contributed by atoms with van der Waals surface area (Å²) >= 11 is 0. The molecule has 1 aliphatic carbocycles. The van der Waals surface area contributed by atoms with Gasteiger partial charge in [0.05, 0.1) is 24.3 Å². The van der Waals surface area contributed by atoms with Crippen molar-refractivity contribution in [3.05, 3.63) is 56.2 Å². The summed E-state index contributed by atoms with van der Waals surface area (Å²) in [5.74, 6) is 0.371. The third kappa shape index (κ3) is 3.70. The lowest BCUT2D eigenvalue weighted by molar-refractivity contribution is -0.137. The van der Waals surface area contributed by atoms with E-state index in [0.29, 0.717) is 11.5 Å². The summed E-state index contributed by atoms with van der Waals surface area (Å²) in [7, 11) is 3.13. The number of alkyl halides is 3. The van der Waals surface area contributed by atoms with Crippen LogP contribution in [0, 0.1) is 0 Å². The van der Waals surface area contributed by atoms with Crippen molar-refractivity contribution in [2.75, 3.05) is 11.9 Å². The van der Waals surface area contributed by atoms with Gasteiger partial charge in [-0.25, -0.2) is 4.79 Å². The van der Waals surface area contributed by atoms with Crippen molar-refractivity contribution < 1.29 is 18.3 Å². The van der Waals surface area contributed by atoms with Gasteiger partial charge >= 0.3 is 11.9 Å². The average molecular weight is 451 g/mol. The number of aromatic nitrogens is 4. The van der Waals surface area contributed by atoms with Gasteiger partial charge in [0.15, 0.2) is 11.2 Å². The summed E-state index contributed by atoms with van der Waals surface area (Å²) in [4.78, 5) is 30.5. The first-order valence-electron chi connectivity index (χ1n) is 10.3. The van der Waals surface area contributed by atoms with E-state index in [0.717, 1.165) is 42.4 Å². The molecule has 0 radical (unpaired) electrons. The van der Waals surface area contributed by atoms with Crippen LogP contribution in [0.25, 0.3) is 11.2 Å². The summed E-state index contributed by atoms with van der Waals surface area (Å²) in [6.45, 7) is -0.249. The predicted molar refractivity (Wildman–Crippen MR) is 113 cm³/mol. The number of anilines is 1. The Balaban J connectivity index is 1.76. The van der Waals surface area contributed by atoms with Crippen LogP contribution in [0.3, 0.4) is 0 Å². The fourth-order valence-corrected chi connectivity index (χ4v) is 4.29. The Bertz CT molecular complexity index is 1270. The molecule has 1 aliphatic rings. The van der Waals surface area contributed by atoms with E-state index >= 15 is 0 Å². The highest BCUT2D eigenvalue weighted by Crippen LogP contribution is 2.33. The molecule has 3 aromatic rings. The number of aliphatic hydroxyl groups excluding tert-OH is 1. The van der Waals surface area contributed by atoms with Crippen LogP contribution in [-0.4, -0.2) is 35.9 Å². The Morgan fingerprint density at radius 2 is 1.72 bits per heavy atom. The maximum absolute atomic E-state index is 13.2. The molecule has 0 aliphatic heterocycles. The summed E-state index contributed by atoms with van der Waals surface area (Å²) in [5, 5.41) is 13.1. The van der Waals surface area contributed by atoms with Crippen LogP contribution in [0.15, 0.2) is 33.9 Å². The highest BCUT2D eigenvalue weighted by molar-refractivity contribution is 5.74. The lowest BCUT2D eigenvalue weighted by Crippen LogP contribution is -2.40. The Morgan fingerprint density at radius 3 is 2.28 bits per heavy atom. The molecule has 0 bridgehead atoms. The second-order valence-electron chi connectivity index (χ2n) is 8.36. The Kier molecular flexibility index (Phi) is 5.40. The summed E-state index contributed by atoms with van der Waals surface area (Å²) < 4.78 is 42.2. The van der Waals surface area contributed by atoms with Crippen molar-refractivity contribution in [1.82, 2.24) is 18.7 Å². The molecule has 0 spiro atoms. The molecule has 2 heterocycles. The monoisotopic (exact) mass is 451 g/mol. The quantitative estimate of drug-likeness (QED) is 0.621. The van der Waals surface area contributed by atoms with Crippen molar-refractivity contribution in [3.8, 4) is 0 Å². The van der Waals surface area contributed by atoms with Gasteiger partial charge in [-0.1, -0.05) is 25.0 Å². The fourth-order valence-electron chi connectivity index (χ4n) is 4.29. The van der Waals surface area contributed by atoms with Crippen LogP contribution >= 0.6 is 0 Å². The number of hydrogen-bond donors (Lipinski definition) is 2. The number of nitrogens with one attached hydrogen (secondary N) is 1. The second kappa shape index (κ2) is 7.80. The van der Waals surface area contributed by atoms with E-state index in [2.05, 4.69) is 10.3 Å². The van der Waals surface area contributed by atoms with E-state index in [1.807, 2.05) is 0 Å². The Morgan fingerprint density at radius 1 is 1.09 bits per heavy atom. The zero-order valence-corrected chi connectivity index (χ0v) is 17.7. The van der Waals surface area contributed by atoms with Gasteiger partial charge in [0.2, 0.25) is 5.95 Å². The van der Waals surface area contributed by atoms with Gasteiger partial charge in [0.1, 0.15) is 0 Å². The van der Waals surface area contributed by atoms with Crippen molar-refractivity contribution in [2.24, 2.45) is 14.1 Å². The summed E-state index contributed by atoms with van der Waals surface area (Å²) in [5.41, 5.74) is -1.76. The topological polar surface area (TPSA) is 94.1 Å². The van der Waals surface area contributed by atoms with Crippen LogP contribution in [0.1, 0.15) is 36.8 Å². The van der Waals surface area contributed by atoms with Gasteiger partial charge in [0, 0.05) is 14.1 Å². The van der Waals surface area contributed by atoms with Crippen LogP contribution in [0.2, 0.25) is 0 Å². The predicted octanol–water partition coefficient (Wildman–Crippen LogP) is 2.22. The molecule has 2 N–H and O–H groups in total. The maximum Gasteiger partial charge on any atom is 0.416 e. The molecule has 1 saturated carbocycles. The summed E-state index contributed by atoms with van der Waals surface area (Å²) in [6.07, 6.45) is -0.993. The third-order valence-corrected chi connectivity index (χ3v) is 6.22. The molecule has 1 aromatic carbocycles. The van der Waals surface area contributed by atoms with E-state index in [1.54, 1.807) is 11.6 Å².